The Kier molecular flexibility index (Phi) is 3.49. The molecule has 54 valence electrons. The van der Waals surface area contributed by atoms with Gasteiger partial charge in [-0.25, -0.2) is 0 Å². The van der Waals surface area contributed by atoms with Crippen LogP contribution in [0.4, 0.5) is 0 Å². The molecule has 0 aromatic carbocycles. The predicted molar refractivity (Wildman–Crippen MR) is 36.5 cm³/mol. The van der Waals surface area contributed by atoms with Gasteiger partial charge in [0.2, 0.25) is 0 Å². The Labute approximate surface area is 55.4 Å². The highest BCUT2D eigenvalue weighted by molar-refractivity contribution is 6.63. The van der Waals surface area contributed by atoms with Crippen LogP contribution in [-0.4, -0.2) is 30.5 Å². The highest BCUT2D eigenvalue weighted by Crippen LogP contribution is 1.93. The summed E-state index contributed by atoms with van der Waals surface area (Å²) in [6.45, 7) is -2.48. The van der Waals surface area contributed by atoms with Crippen molar-refractivity contribution in [2.75, 3.05) is 13.7 Å². The lowest BCUT2D eigenvalue weighted by Crippen LogP contribution is -2.35. The van der Waals surface area contributed by atoms with Gasteiger partial charge in [-0.3, -0.25) is 0 Å². The van der Waals surface area contributed by atoms with E-state index in [1.54, 1.807) is 0 Å². The smallest absolute Gasteiger partial charge is 0.556 e. The van der Waals surface area contributed by atoms with Crippen molar-refractivity contribution in [1.82, 2.24) is 0 Å². The summed E-state index contributed by atoms with van der Waals surface area (Å²) in [7, 11) is 1.21. The minimum absolute atomic E-state index is 0. The summed E-state index contributed by atoms with van der Waals surface area (Å²) in [5.74, 6) is 1.12. The molecular formula is C4H12BNO3. The van der Waals surface area contributed by atoms with Gasteiger partial charge in [0.1, 0.15) is 0 Å². The molecule has 0 aliphatic heterocycles. The van der Waals surface area contributed by atoms with Crippen molar-refractivity contribution in [3.05, 3.63) is 12.1 Å². The molecule has 9 heavy (non-hydrogen) atoms. The third kappa shape index (κ3) is 4.17. The van der Waals surface area contributed by atoms with Gasteiger partial charge in [-0.15, -0.1) is 6.08 Å². The van der Waals surface area contributed by atoms with Gasteiger partial charge in [0.15, 0.2) is 0 Å². The molecule has 0 aromatic rings. The third-order valence-corrected chi connectivity index (χ3v) is 0.870. The van der Waals surface area contributed by atoms with Gasteiger partial charge in [0.25, 0.3) is 0 Å². The maximum absolute atomic E-state index is 8.71. The van der Waals surface area contributed by atoms with Gasteiger partial charge in [-0.05, 0) is 7.11 Å². The summed E-state index contributed by atoms with van der Waals surface area (Å²) in [6.07, 6.45) is 1.42. The van der Waals surface area contributed by atoms with Crippen LogP contribution in [0.1, 0.15) is 1.43 Å². The lowest BCUT2D eigenvalue weighted by Gasteiger charge is -2.21. The quantitative estimate of drug-likeness (QED) is 0.419. The van der Waals surface area contributed by atoms with E-state index in [0.29, 0.717) is 0 Å². The van der Waals surface area contributed by atoms with Crippen molar-refractivity contribution in [1.29, 1.82) is 0 Å². The summed E-state index contributed by atoms with van der Waals surface area (Å²) in [6, 6.07) is 0. The second kappa shape index (κ2) is 3.63. The molecule has 0 saturated carbocycles. The zero-order valence-corrected chi connectivity index (χ0v) is 5.32. The van der Waals surface area contributed by atoms with Crippen molar-refractivity contribution in [3.63, 3.8) is 0 Å². The molecule has 0 radical (unpaired) electrons. The number of rotatable bonds is 3. The first-order valence-electron chi connectivity index (χ1n) is 2.64. The van der Waals surface area contributed by atoms with E-state index in [0.717, 1.165) is 5.98 Å². The zero-order chi connectivity index (χ0) is 7.33. The van der Waals surface area contributed by atoms with Crippen LogP contribution in [0, 0.1) is 0 Å². The molecule has 0 rings (SSSR count). The Bertz CT molecular complexity index is 109. The minimum Gasteiger partial charge on any atom is -0.556 e. The molecule has 0 aliphatic rings. The van der Waals surface area contributed by atoms with E-state index in [1.165, 1.54) is 13.2 Å². The zero-order valence-electron chi connectivity index (χ0n) is 6.32. The van der Waals surface area contributed by atoms with Crippen molar-refractivity contribution in [3.8, 4) is 0 Å². The molecule has 0 atom stereocenters. The lowest BCUT2D eigenvalue weighted by atomic mass is 9.80. The van der Waals surface area contributed by atoms with E-state index in [-0.39, 0.29) is 7.97 Å². The normalized spacial score (nSPS) is 12.9. The Hall–Kier alpha value is -0.355. The maximum Gasteiger partial charge on any atom is 1.00 e. The molecule has 4 N–H and O–H groups in total. The van der Waals surface area contributed by atoms with Crippen LogP contribution >= 0.6 is 0 Å². The summed E-state index contributed by atoms with van der Waals surface area (Å²) in [5.41, 5.74) is 5.04. The molecule has 0 unspecified atom stereocenters. The second-order valence-corrected chi connectivity index (χ2v) is 1.66. The van der Waals surface area contributed by atoms with Crippen LogP contribution < -0.4 is 5.73 Å². The van der Waals surface area contributed by atoms with Gasteiger partial charge < -0.3 is 20.4 Å². The highest BCUT2D eigenvalue weighted by atomic mass is 16.6. The van der Waals surface area contributed by atoms with Gasteiger partial charge in [-0.1, -0.05) is 0 Å². The SMILES string of the molecule is CO[B-](O)(O)/C=C/CN.[H+]. The third-order valence-electron chi connectivity index (χ3n) is 0.870. The van der Waals surface area contributed by atoms with Crippen molar-refractivity contribution in [2.45, 2.75) is 0 Å². The largest absolute Gasteiger partial charge is 1.00 e. The summed E-state index contributed by atoms with van der Waals surface area (Å²) in [4.78, 5) is 0. The van der Waals surface area contributed by atoms with Crippen LogP contribution in [-0.2, 0) is 4.65 Å². The fraction of sp³-hybridized carbons (Fsp3) is 0.500. The van der Waals surface area contributed by atoms with Crippen LogP contribution in [0.5, 0.6) is 0 Å². The Morgan fingerprint density at radius 3 is 2.67 bits per heavy atom. The summed E-state index contributed by atoms with van der Waals surface area (Å²) < 4.78 is 4.27. The van der Waals surface area contributed by atoms with E-state index >= 15 is 0 Å². The average molecular weight is 133 g/mol. The molecule has 4 nitrogen and oxygen atoms in total. The first-order valence-corrected chi connectivity index (χ1v) is 2.64. The predicted octanol–water partition coefficient (Wildman–Crippen LogP) is -1.28. The molecule has 0 heterocycles. The molecule has 0 spiro atoms. The molecule has 0 aliphatic carbocycles. The molecule has 0 fully saturated rings. The van der Waals surface area contributed by atoms with Crippen molar-refractivity contribution >= 4 is 6.75 Å². The average Bonchev–Trinajstić information content (AvgIpc) is 1.84. The Balaban J connectivity index is 0. The van der Waals surface area contributed by atoms with Gasteiger partial charge in [-0.2, -0.15) is 5.98 Å². The van der Waals surface area contributed by atoms with E-state index in [1.807, 2.05) is 0 Å². The fourth-order valence-electron chi connectivity index (χ4n) is 0.334. The Morgan fingerprint density at radius 1 is 1.78 bits per heavy atom. The van der Waals surface area contributed by atoms with Crippen LogP contribution in [0.2, 0.25) is 0 Å². The van der Waals surface area contributed by atoms with Crippen molar-refractivity contribution in [2.24, 2.45) is 5.73 Å². The van der Waals surface area contributed by atoms with Crippen molar-refractivity contribution < 1.29 is 16.1 Å². The fourth-order valence-corrected chi connectivity index (χ4v) is 0.334. The monoisotopic (exact) mass is 133 g/mol. The first-order chi connectivity index (χ1) is 4.12. The van der Waals surface area contributed by atoms with Crippen LogP contribution in [0.25, 0.3) is 0 Å². The molecule has 0 bridgehead atoms. The highest BCUT2D eigenvalue weighted by Gasteiger charge is 2.12. The molecular weight excluding hydrogens is 121 g/mol. The van der Waals surface area contributed by atoms with E-state index in [9.17, 15) is 0 Å². The lowest BCUT2D eigenvalue weighted by molar-refractivity contribution is 0.202. The molecule has 0 saturated heterocycles. The van der Waals surface area contributed by atoms with Gasteiger partial charge in [0, 0.05) is 6.54 Å². The second-order valence-electron chi connectivity index (χ2n) is 1.66. The number of hydrogen-bond acceptors (Lipinski definition) is 4. The molecule has 0 amide bonds. The van der Waals surface area contributed by atoms with E-state index in [4.69, 9.17) is 15.8 Å². The topological polar surface area (TPSA) is 75.7 Å². The standard InChI is InChI=1S/C4H11BNO3/c1-9-5(7,8)3-2-4-6/h2-3,7-8H,4,6H2,1H3/q-1/p+1/b3-2+. The first kappa shape index (κ1) is 8.64. The number of nitrogens with two attached hydrogens (primary N) is 1. The molecule has 0 aromatic heterocycles. The Morgan fingerprint density at radius 2 is 2.33 bits per heavy atom. The van der Waals surface area contributed by atoms with Crippen LogP contribution in [0.3, 0.4) is 0 Å². The van der Waals surface area contributed by atoms with Crippen LogP contribution in [0.15, 0.2) is 12.1 Å². The summed E-state index contributed by atoms with van der Waals surface area (Å²) >= 11 is 0. The van der Waals surface area contributed by atoms with E-state index in [2.05, 4.69) is 4.65 Å². The van der Waals surface area contributed by atoms with E-state index < -0.39 is 6.75 Å². The number of hydrogen-bond donors (Lipinski definition) is 3. The maximum atomic E-state index is 8.71. The summed E-state index contributed by atoms with van der Waals surface area (Å²) in [5, 5.41) is 17.4. The molecule has 5 heteroatoms. The minimum atomic E-state index is -2.75. The van der Waals surface area contributed by atoms with Gasteiger partial charge in [0.05, 0.1) is 0 Å². The van der Waals surface area contributed by atoms with Gasteiger partial charge >= 0.3 is 8.18 Å².